The fourth-order valence-electron chi connectivity index (χ4n) is 3.99. The molecule has 0 unspecified atom stereocenters. The summed E-state index contributed by atoms with van der Waals surface area (Å²) in [5.74, 6) is 1.60. The number of fused-ring (bicyclic) bond motifs is 1. The van der Waals surface area contributed by atoms with Gasteiger partial charge in [-0.1, -0.05) is 26.0 Å². The number of benzene rings is 2. The molecule has 5 nitrogen and oxygen atoms in total. The van der Waals surface area contributed by atoms with E-state index in [1.807, 2.05) is 56.0 Å². The van der Waals surface area contributed by atoms with Crippen LogP contribution in [0.5, 0.6) is 11.5 Å². The summed E-state index contributed by atoms with van der Waals surface area (Å²) in [5.41, 5.74) is 4.57. The largest absolute Gasteiger partial charge is 0.494 e. The summed E-state index contributed by atoms with van der Waals surface area (Å²) in [6.07, 6.45) is 5.38. The number of hydrogen-bond donors (Lipinski definition) is 0. The summed E-state index contributed by atoms with van der Waals surface area (Å²) in [6.45, 7) is 12.8. The zero-order valence-corrected chi connectivity index (χ0v) is 20.4. The van der Waals surface area contributed by atoms with Crippen LogP contribution in [-0.2, 0) is 4.79 Å². The second-order valence-electron chi connectivity index (χ2n) is 8.04. The van der Waals surface area contributed by atoms with Crippen molar-refractivity contribution in [3.8, 4) is 22.6 Å². The van der Waals surface area contributed by atoms with Crippen LogP contribution in [0.15, 0.2) is 53.2 Å². The highest BCUT2D eigenvalue weighted by molar-refractivity contribution is 6.00. The summed E-state index contributed by atoms with van der Waals surface area (Å²) in [5, 5.41) is 0.983. The van der Waals surface area contributed by atoms with Crippen LogP contribution >= 0.6 is 0 Å². The smallest absolute Gasteiger partial charge is 0.246 e. The second-order valence-corrected chi connectivity index (χ2v) is 8.04. The van der Waals surface area contributed by atoms with Crippen molar-refractivity contribution in [2.75, 3.05) is 26.3 Å². The van der Waals surface area contributed by atoms with Gasteiger partial charge in [-0.15, -0.1) is 0 Å². The molecule has 0 aliphatic carbocycles. The lowest BCUT2D eigenvalue weighted by Gasteiger charge is -2.20. The van der Waals surface area contributed by atoms with E-state index < -0.39 is 0 Å². The lowest BCUT2D eigenvalue weighted by Crippen LogP contribution is -2.31. The number of carbonyl (C=O) groups excluding carboxylic acids is 1. The van der Waals surface area contributed by atoms with Gasteiger partial charge in [-0.05, 0) is 62.9 Å². The van der Waals surface area contributed by atoms with Crippen LogP contribution in [0.2, 0.25) is 0 Å². The van der Waals surface area contributed by atoms with E-state index in [9.17, 15) is 4.79 Å². The van der Waals surface area contributed by atoms with Crippen LogP contribution < -0.4 is 9.47 Å². The molecule has 33 heavy (non-hydrogen) atoms. The quantitative estimate of drug-likeness (QED) is 0.297. The van der Waals surface area contributed by atoms with Crippen molar-refractivity contribution >= 4 is 22.4 Å². The van der Waals surface area contributed by atoms with E-state index in [0.717, 1.165) is 70.7 Å². The summed E-state index contributed by atoms with van der Waals surface area (Å²) in [6, 6.07) is 12.0. The van der Waals surface area contributed by atoms with Crippen molar-refractivity contribution in [3.63, 3.8) is 0 Å². The maximum absolute atomic E-state index is 12.9. The lowest BCUT2D eigenvalue weighted by atomic mass is 9.99. The van der Waals surface area contributed by atoms with E-state index in [1.54, 1.807) is 12.3 Å². The molecule has 0 N–H and O–H groups in total. The van der Waals surface area contributed by atoms with Crippen molar-refractivity contribution in [3.05, 3.63) is 54.3 Å². The molecule has 0 spiro atoms. The van der Waals surface area contributed by atoms with Crippen LogP contribution in [0.1, 0.15) is 53.0 Å². The number of carbonyl (C=O) groups is 1. The fourth-order valence-corrected chi connectivity index (χ4v) is 3.99. The van der Waals surface area contributed by atoms with Gasteiger partial charge in [0.25, 0.3) is 0 Å². The highest BCUT2D eigenvalue weighted by Gasteiger charge is 2.17. The molecular weight excluding hydrogens is 414 g/mol. The number of amides is 1. The molecule has 176 valence electrons. The summed E-state index contributed by atoms with van der Waals surface area (Å²) < 4.78 is 17.4. The van der Waals surface area contributed by atoms with Gasteiger partial charge in [-0.25, -0.2) is 0 Å². The molecule has 0 atom stereocenters. The molecule has 0 saturated heterocycles. The van der Waals surface area contributed by atoms with E-state index in [-0.39, 0.29) is 5.91 Å². The Bertz CT molecular complexity index is 1090. The fraction of sp³-hybridized carbons (Fsp3) is 0.393. The number of ether oxygens (including phenoxy) is 2. The van der Waals surface area contributed by atoms with Gasteiger partial charge in [-0.2, -0.15) is 0 Å². The molecule has 0 aliphatic heterocycles. The lowest BCUT2D eigenvalue weighted by molar-refractivity contribution is -0.126. The van der Waals surface area contributed by atoms with Crippen molar-refractivity contribution in [2.24, 2.45) is 0 Å². The molecule has 1 aromatic heterocycles. The Kier molecular flexibility index (Phi) is 8.58. The standard InChI is InChI=1S/C28H35NO4/c1-6-14-29(15-7-2)28(30)16-20(5)23-17-24-25(19-33-27(24)18-26(23)32-9-4)21-10-12-22(13-11-21)31-8-3/h10-13,16-19H,6-9,14-15H2,1-5H3/b20-16+. The molecule has 0 aliphatic rings. The second kappa shape index (κ2) is 11.6. The number of nitrogens with zero attached hydrogens (tertiary/aromatic N) is 1. The van der Waals surface area contributed by atoms with Crippen molar-refractivity contribution in [1.82, 2.24) is 4.90 Å². The van der Waals surface area contributed by atoms with Gasteiger partial charge >= 0.3 is 0 Å². The molecule has 1 amide bonds. The third-order valence-electron chi connectivity index (χ3n) is 5.52. The zero-order valence-electron chi connectivity index (χ0n) is 20.4. The van der Waals surface area contributed by atoms with Gasteiger partial charge in [0, 0.05) is 41.7 Å². The Morgan fingerprint density at radius 2 is 1.64 bits per heavy atom. The third kappa shape index (κ3) is 5.78. The van der Waals surface area contributed by atoms with Crippen LogP contribution in [0.3, 0.4) is 0 Å². The molecule has 2 aromatic carbocycles. The zero-order chi connectivity index (χ0) is 23.8. The SMILES string of the molecule is CCCN(CCC)C(=O)/C=C(\C)c1cc2c(-c3ccc(OCC)cc3)coc2cc1OCC. The Morgan fingerprint density at radius 1 is 0.970 bits per heavy atom. The normalized spacial score (nSPS) is 11.6. The van der Waals surface area contributed by atoms with Crippen molar-refractivity contribution < 1.29 is 18.7 Å². The number of allylic oxidation sites excluding steroid dienone is 1. The molecule has 3 rings (SSSR count). The molecular formula is C28H35NO4. The molecule has 1 heterocycles. The van der Waals surface area contributed by atoms with Crippen LogP contribution in [-0.4, -0.2) is 37.1 Å². The Labute approximate surface area is 197 Å². The molecule has 0 radical (unpaired) electrons. The first-order chi connectivity index (χ1) is 16.0. The van der Waals surface area contributed by atoms with E-state index in [4.69, 9.17) is 13.9 Å². The van der Waals surface area contributed by atoms with Gasteiger partial charge in [-0.3, -0.25) is 4.79 Å². The monoisotopic (exact) mass is 449 g/mol. The number of furan rings is 1. The maximum atomic E-state index is 12.9. The van der Waals surface area contributed by atoms with Crippen molar-refractivity contribution in [2.45, 2.75) is 47.5 Å². The first kappa shape index (κ1) is 24.4. The highest BCUT2D eigenvalue weighted by atomic mass is 16.5. The minimum atomic E-state index is 0.0395. The summed E-state index contributed by atoms with van der Waals surface area (Å²) in [4.78, 5) is 14.8. The molecule has 5 heteroatoms. The first-order valence-electron chi connectivity index (χ1n) is 11.9. The van der Waals surface area contributed by atoms with Gasteiger partial charge in [0.05, 0.1) is 19.5 Å². The van der Waals surface area contributed by atoms with Gasteiger partial charge < -0.3 is 18.8 Å². The Balaban J connectivity index is 2.03. The molecule has 0 saturated carbocycles. The minimum absolute atomic E-state index is 0.0395. The molecule has 0 bridgehead atoms. The predicted molar refractivity (Wildman–Crippen MR) is 135 cm³/mol. The summed E-state index contributed by atoms with van der Waals surface area (Å²) in [7, 11) is 0. The summed E-state index contributed by atoms with van der Waals surface area (Å²) >= 11 is 0. The third-order valence-corrected chi connectivity index (χ3v) is 5.52. The van der Waals surface area contributed by atoms with Gasteiger partial charge in [0.2, 0.25) is 5.91 Å². The van der Waals surface area contributed by atoms with E-state index >= 15 is 0 Å². The average Bonchev–Trinajstić information content (AvgIpc) is 3.22. The van der Waals surface area contributed by atoms with Gasteiger partial charge in [0.1, 0.15) is 17.1 Å². The first-order valence-corrected chi connectivity index (χ1v) is 11.9. The molecule has 3 aromatic rings. The number of rotatable bonds is 11. The minimum Gasteiger partial charge on any atom is -0.494 e. The van der Waals surface area contributed by atoms with Crippen molar-refractivity contribution in [1.29, 1.82) is 0 Å². The van der Waals surface area contributed by atoms with E-state index in [1.165, 1.54) is 0 Å². The predicted octanol–water partition coefficient (Wildman–Crippen LogP) is 6.95. The molecule has 0 fully saturated rings. The Morgan fingerprint density at radius 3 is 2.24 bits per heavy atom. The van der Waals surface area contributed by atoms with E-state index in [0.29, 0.717) is 13.2 Å². The van der Waals surface area contributed by atoms with Crippen LogP contribution in [0, 0.1) is 0 Å². The van der Waals surface area contributed by atoms with E-state index in [2.05, 4.69) is 19.9 Å². The van der Waals surface area contributed by atoms with Crippen LogP contribution in [0.25, 0.3) is 27.7 Å². The van der Waals surface area contributed by atoms with Gasteiger partial charge in [0.15, 0.2) is 0 Å². The maximum Gasteiger partial charge on any atom is 0.246 e. The highest BCUT2D eigenvalue weighted by Crippen LogP contribution is 2.38. The number of hydrogen-bond acceptors (Lipinski definition) is 4. The topological polar surface area (TPSA) is 51.9 Å². The average molecular weight is 450 g/mol. The van der Waals surface area contributed by atoms with Crippen LogP contribution in [0.4, 0.5) is 0 Å². The Hall–Kier alpha value is -3.21.